The molecule has 0 bridgehead atoms. The quantitative estimate of drug-likeness (QED) is 0.306. The van der Waals surface area contributed by atoms with Crippen LogP contribution in [0.4, 0.5) is 15.3 Å². The van der Waals surface area contributed by atoms with Crippen molar-refractivity contribution in [3.8, 4) is 0 Å². The maximum atomic E-state index is 12.7. The number of aryl methyl sites for hydroxylation is 1. The number of amides is 2. The first-order chi connectivity index (χ1) is 14.4. The summed E-state index contributed by atoms with van der Waals surface area (Å²) in [5.74, 6) is 0. The molecule has 0 unspecified atom stereocenters. The molecule has 0 aromatic heterocycles. The van der Waals surface area contributed by atoms with Gasteiger partial charge >= 0.3 is 12.2 Å². The number of carbonyl (C=O) groups excluding carboxylic acids is 2. The second-order valence-electron chi connectivity index (χ2n) is 8.38. The number of hydrazine groups is 1. The zero-order valence-electron chi connectivity index (χ0n) is 18.6. The first-order valence-corrected chi connectivity index (χ1v) is 11.9. The van der Waals surface area contributed by atoms with E-state index in [1.54, 1.807) is 27.7 Å². The van der Waals surface area contributed by atoms with E-state index in [0.717, 1.165) is 46.3 Å². The molecule has 1 N–H and O–H groups in total. The van der Waals surface area contributed by atoms with Crippen LogP contribution < -0.4 is 5.32 Å². The van der Waals surface area contributed by atoms with Crippen LogP contribution >= 0.6 is 36.1 Å². The van der Waals surface area contributed by atoms with Gasteiger partial charge in [-0.3, -0.25) is 0 Å². The van der Waals surface area contributed by atoms with Gasteiger partial charge in [-0.1, -0.05) is 23.8 Å². The van der Waals surface area contributed by atoms with Crippen LogP contribution in [0.15, 0.2) is 22.4 Å². The second-order valence-corrected chi connectivity index (χ2v) is 10.9. The Kier molecular flexibility index (Phi) is 6.83. The average molecular weight is 482 g/mol. The predicted molar refractivity (Wildman–Crippen MR) is 130 cm³/mol. The standard InChI is InChI=1S/C21H27N3O4S3/c1-11(2)27-19(25)23-24(20(26)28-12(3)4)31-18(30-23)16-14-10-13(5)8-9-15(14)22-21(6,7)17(16)29/h8-12,22H,1-7H3. The van der Waals surface area contributed by atoms with Gasteiger partial charge in [0.2, 0.25) is 0 Å². The molecule has 10 heteroatoms. The highest BCUT2D eigenvalue weighted by atomic mass is 32.2. The van der Waals surface area contributed by atoms with Crippen molar-refractivity contribution in [2.45, 2.75) is 66.2 Å². The van der Waals surface area contributed by atoms with Crippen LogP contribution in [0.3, 0.4) is 0 Å². The Balaban J connectivity index is 2.10. The molecule has 1 aromatic carbocycles. The van der Waals surface area contributed by atoms with Crippen molar-refractivity contribution < 1.29 is 19.1 Å². The Morgan fingerprint density at radius 1 is 1.03 bits per heavy atom. The van der Waals surface area contributed by atoms with E-state index in [4.69, 9.17) is 21.7 Å². The van der Waals surface area contributed by atoms with Crippen molar-refractivity contribution in [2.24, 2.45) is 0 Å². The summed E-state index contributed by atoms with van der Waals surface area (Å²) in [7, 11) is 0. The zero-order chi connectivity index (χ0) is 23.1. The molecule has 2 amide bonds. The van der Waals surface area contributed by atoms with E-state index in [-0.39, 0.29) is 12.2 Å². The number of rotatable bonds is 2. The largest absolute Gasteiger partial charge is 0.445 e. The third-order valence-corrected chi connectivity index (χ3v) is 7.36. The summed E-state index contributed by atoms with van der Waals surface area (Å²) in [5.41, 5.74) is 3.33. The van der Waals surface area contributed by atoms with E-state index in [2.05, 4.69) is 11.4 Å². The minimum Gasteiger partial charge on any atom is -0.445 e. The van der Waals surface area contributed by atoms with E-state index >= 15 is 0 Å². The van der Waals surface area contributed by atoms with Crippen LogP contribution in [-0.4, -0.2) is 43.6 Å². The Morgan fingerprint density at radius 3 is 2.03 bits per heavy atom. The number of nitrogens with zero attached hydrogens (tertiary/aromatic N) is 2. The van der Waals surface area contributed by atoms with Gasteiger partial charge in [-0.05, 0) is 60.6 Å². The summed E-state index contributed by atoms with van der Waals surface area (Å²) in [6, 6.07) is 6.11. The summed E-state index contributed by atoms with van der Waals surface area (Å²) in [6.45, 7) is 13.1. The van der Waals surface area contributed by atoms with Gasteiger partial charge in [0.05, 0.1) is 22.0 Å². The number of thiocarbonyl (C=S) groups is 1. The molecule has 31 heavy (non-hydrogen) atoms. The Bertz CT molecular complexity index is 927. The fraction of sp³-hybridized carbons (Fsp3) is 0.476. The highest BCUT2D eigenvalue weighted by Gasteiger charge is 2.44. The molecule has 1 fully saturated rings. The Morgan fingerprint density at radius 2 is 1.55 bits per heavy atom. The number of hydrogen-bond acceptors (Lipinski definition) is 8. The van der Waals surface area contributed by atoms with Gasteiger partial charge in [0.15, 0.2) is 0 Å². The molecule has 7 nitrogen and oxygen atoms in total. The highest BCUT2D eigenvalue weighted by Crippen LogP contribution is 2.52. The Hall–Kier alpha value is -1.91. The molecule has 3 rings (SSSR count). The molecule has 0 spiro atoms. The summed E-state index contributed by atoms with van der Waals surface area (Å²) < 4.78 is 13.8. The molecule has 2 heterocycles. The lowest BCUT2D eigenvalue weighted by Gasteiger charge is -2.36. The molecular formula is C21H27N3O4S3. The molecule has 2 aliphatic rings. The van der Waals surface area contributed by atoms with E-state index in [9.17, 15) is 9.59 Å². The van der Waals surface area contributed by atoms with Crippen molar-refractivity contribution in [3.63, 3.8) is 0 Å². The van der Waals surface area contributed by atoms with Gasteiger partial charge in [0, 0.05) is 45.6 Å². The monoisotopic (exact) mass is 481 g/mol. The third-order valence-electron chi connectivity index (χ3n) is 4.38. The highest BCUT2D eigenvalue weighted by molar-refractivity contribution is 8.23. The first-order valence-electron chi connectivity index (χ1n) is 9.96. The SMILES string of the molecule is Cc1ccc2c(c1)C(=C1SN(C(=O)OC(C)C)N(C(=O)OC(C)C)S1)C(=S)C(C)(C)N2. The lowest BCUT2D eigenvalue weighted by Crippen LogP contribution is -2.43. The fourth-order valence-electron chi connectivity index (χ4n) is 3.06. The molecule has 2 aliphatic heterocycles. The number of ether oxygens (including phenoxy) is 2. The average Bonchev–Trinajstić information content (AvgIpc) is 3.07. The van der Waals surface area contributed by atoms with E-state index in [0.29, 0.717) is 9.10 Å². The predicted octanol–water partition coefficient (Wildman–Crippen LogP) is 6.16. The topological polar surface area (TPSA) is 71.1 Å². The molecule has 1 aromatic rings. The van der Waals surface area contributed by atoms with Crippen LogP contribution in [0, 0.1) is 6.92 Å². The van der Waals surface area contributed by atoms with Crippen LogP contribution in [-0.2, 0) is 9.47 Å². The third kappa shape index (κ3) is 4.96. The molecular weight excluding hydrogens is 454 g/mol. The fourth-order valence-corrected chi connectivity index (χ4v) is 5.65. The van der Waals surface area contributed by atoms with Crippen LogP contribution in [0.2, 0.25) is 0 Å². The van der Waals surface area contributed by atoms with Crippen LogP contribution in [0.25, 0.3) is 5.57 Å². The minimum atomic E-state index is -0.646. The van der Waals surface area contributed by atoms with Crippen molar-refractivity contribution in [2.75, 3.05) is 5.32 Å². The zero-order valence-corrected chi connectivity index (χ0v) is 21.1. The van der Waals surface area contributed by atoms with Crippen molar-refractivity contribution in [1.29, 1.82) is 0 Å². The van der Waals surface area contributed by atoms with Gasteiger partial charge in [0.25, 0.3) is 0 Å². The number of nitrogens with one attached hydrogen (secondary N) is 1. The van der Waals surface area contributed by atoms with E-state index in [1.807, 2.05) is 32.9 Å². The molecule has 0 atom stereocenters. The number of benzene rings is 1. The molecule has 1 saturated heterocycles. The summed E-state index contributed by atoms with van der Waals surface area (Å²) in [6.07, 6.45) is -1.96. The van der Waals surface area contributed by atoms with Gasteiger partial charge in [0.1, 0.15) is 0 Å². The maximum absolute atomic E-state index is 12.7. The Labute approximate surface area is 197 Å². The number of carbonyl (C=O) groups is 2. The molecule has 168 valence electrons. The van der Waals surface area contributed by atoms with Gasteiger partial charge in [-0.2, -0.15) is 0 Å². The van der Waals surface area contributed by atoms with Gasteiger partial charge < -0.3 is 14.8 Å². The van der Waals surface area contributed by atoms with Crippen LogP contribution in [0.5, 0.6) is 0 Å². The van der Waals surface area contributed by atoms with Crippen molar-refractivity contribution in [1.82, 2.24) is 8.83 Å². The maximum Gasteiger partial charge on any atom is 0.441 e. The number of hydrogen-bond donors (Lipinski definition) is 1. The number of fused-ring (bicyclic) bond motifs is 1. The van der Waals surface area contributed by atoms with Crippen molar-refractivity contribution in [3.05, 3.63) is 33.6 Å². The smallest absolute Gasteiger partial charge is 0.441 e. The minimum absolute atomic E-state index is 0.333. The first kappa shape index (κ1) is 23.7. The normalized spacial score (nSPS) is 17.8. The van der Waals surface area contributed by atoms with Gasteiger partial charge in [-0.25, -0.2) is 9.59 Å². The summed E-state index contributed by atoms with van der Waals surface area (Å²) in [5, 5.41) is 3.48. The van der Waals surface area contributed by atoms with E-state index in [1.165, 1.54) is 8.83 Å². The van der Waals surface area contributed by atoms with Crippen LogP contribution in [0.1, 0.15) is 52.7 Å². The summed E-state index contributed by atoms with van der Waals surface area (Å²) >= 11 is 8.08. The van der Waals surface area contributed by atoms with Crippen molar-refractivity contribution >= 4 is 64.4 Å². The second kappa shape index (κ2) is 8.91. The lowest BCUT2D eigenvalue weighted by atomic mass is 9.85. The molecule has 0 radical (unpaired) electrons. The van der Waals surface area contributed by atoms with E-state index < -0.39 is 17.7 Å². The lowest BCUT2D eigenvalue weighted by molar-refractivity contribution is 0.0471. The summed E-state index contributed by atoms with van der Waals surface area (Å²) in [4.78, 5) is 26.2. The molecule has 0 aliphatic carbocycles. The number of anilines is 1. The van der Waals surface area contributed by atoms with Gasteiger partial charge in [-0.15, -0.1) is 8.83 Å². The molecule has 0 saturated carbocycles.